The second-order valence-corrected chi connectivity index (χ2v) is 4.14. The van der Waals surface area contributed by atoms with Crippen molar-refractivity contribution in [2.75, 3.05) is 6.61 Å². The van der Waals surface area contributed by atoms with Gasteiger partial charge in [0.05, 0.1) is 24.2 Å². The van der Waals surface area contributed by atoms with E-state index < -0.39 is 29.7 Å². The van der Waals surface area contributed by atoms with Crippen molar-refractivity contribution in [3.05, 3.63) is 28.8 Å². The Kier molecular flexibility index (Phi) is 4.84. The molecule has 19 heavy (non-hydrogen) atoms. The molecule has 102 valence electrons. The molecule has 0 N–H and O–H groups in total. The van der Waals surface area contributed by atoms with Crippen molar-refractivity contribution >= 4 is 18.6 Å². The van der Waals surface area contributed by atoms with Gasteiger partial charge in [-0.15, -0.1) is 12.6 Å². The Morgan fingerprint density at radius 2 is 2.11 bits per heavy atom. The standard InChI is InChI=1S/C12H10F3NO2S/c1-2-18-11(17)4-7-3-8(19)5-10(9(7)6-16)12(13,14)15/h3,5,19H,2,4H2,1H3. The molecule has 1 aromatic rings. The zero-order valence-electron chi connectivity index (χ0n) is 9.91. The Morgan fingerprint density at radius 1 is 1.47 bits per heavy atom. The molecule has 0 spiro atoms. The third-order valence-electron chi connectivity index (χ3n) is 2.26. The summed E-state index contributed by atoms with van der Waals surface area (Å²) in [7, 11) is 0. The first-order valence-corrected chi connectivity index (χ1v) is 5.73. The molecule has 0 heterocycles. The zero-order valence-corrected chi connectivity index (χ0v) is 10.8. The molecule has 0 fully saturated rings. The number of benzene rings is 1. The molecule has 0 aliphatic carbocycles. The summed E-state index contributed by atoms with van der Waals surface area (Å²) in [6.07, 6.45) is -5.07. The first kappa shape index (κ1) is 15.4. The number of halogens is 3. The second kappa shape index (κ2) is 5.97. The summed E-state index contributed by atoms with van der Waals surface area (Å²) in [6, 6.07) is 3.50. The van der Waals surface area contributed by atoms with Crippen molar-refractivity contribution in [3.63, 3.8) is 0 Å². The maximum absolute atomic E-state index is 12.8. The van der Waals surface area contributed by atoms with Gasteiger partial charge in [0, 0.05) is 4.90 Å². The van der Waals surface area contributed by atoms with Crippen LogP contribution in [0.3, 0.4) is 0 Å². The van der Waals surface area contributed by atoms with Crippen molar-refractivity contribution in [1.29, 1.82) is 5.26 Å². The van der Waals surface area contributed by atoms with Crippen LogP contribution in [-0.4, -0.2) is 12.6 Å². The molecule has 0 atom stereocenters. The minimum absolute atomic E-state index is 0.0330. The van der Waals surface area contributed by atoms with Crippen LogP contribution in [0.1, 0.15) is 23.6 Å². The number of hydrogen-bond donors (Lipinski definition) is 1. The molecular weight excluding hydrogens is 279 g/mol. The predicted molar refractivity (Wildman–Crippen MR) is 63.7 cm³/mol. The highest BCUT2D eigenvalue weighted by Crippen LogP contribution is 2.35. The van der Waals surface area contributed by atoms with Gasteiger partial charge >= 0.3 is 12.1 Å². The van der Waals surface area contributed by atoms with Crippen molar-refractivity contribution < 1.29 is 22.7 Å². The van der Waals surface area contributed by atoms with Crippen LogP contribution in [0.2, 0.25) is 0 Å². The Balaban J connectivity index is 3.29. The lowest BCUT2D eigenvalue weighted by Crippen LogP contribution is -2.13. The van der Waals surface area contributed by atoms with E-state index in [4.69, 9.17) is 5.26 Å². The normalized spacial score (nSPS) is 10.9. The van der Waals surface area contributed by atoms with Crippen LogP contribution in [0, 0.1) is 11.3 Å². The maximum atomic E-state index is 12.8. The van der Waals surface area contributed by atoms with E-state index in [0.717, 1.165) is 6.07 Å². The number of rotatable bonds is 3. The molecule has 0 aliphatic rings. The molecule has 1 aromatic carbocycles. The molecule has 7 heteroatoms. The fraction of sp³-hybridized carbons (Fsp3) is 0.333. The highest BCUT2D eigenvalue weighted by molar-refractivity contribution is 7.80. The van der Waals surface area contributed by atoms with Gasteiger partial charge in [-0.2, -0.15) is 18.4 Å². The van der Waals surface area contributed by atoms with Crippen LogP contribution in [0.15, 0.2) is 17.0 Å². The largest absolute Gasteiger partial charge is 0.466 e. The monoisotopic (exact) mass is 289 g/mol. The molecule has 0 saturated carbocycles. The van der Waals surface area contributed by atoms with E-state index >= 15 is 0 Å². The summed E-state index contributed by atoms with van der Waals surface area (Å²) in [6.45, 7) is 1.70. The van der Waals surface area contributed by atoms with Crippen LogP contribution < -0.4 is 0 Å². The average Bonchev–Trinajstić information content (AvgIpc) is 2.27. The fourth-order valence-electron chi connectivity index (χ4n) is 1.55. The number of carbonyl (C=O) groups excluding carboxylic acids is 1. The van der Waals surface area contributed by atoms with Crippen LogP contribution in [0.25, 0.3) is 0 Å². The third-order valence-corrected chi connectivity index (χ3v) is 2.52. The lowest BCUT2D eigenvalue weighted by atomic mass is 9.99. The molecule has 0 aromatic heterocycles. The molecule has 0 radical (unpaired) electrons. The number of ether oxygens (including phenoxy) is 1. The van der Waals surface area contributed by atoms with Crippen molar-refractivity contribution in [2.45, 2.75) is 24.4 Å². The zero-order chi connectivity index (χ0) is 14.6. The van der Waals surface area contributed by atoms with E-state index in [0.29, 0.717) is 0 Å². The van der Waals surface area contributed by atoms with E-state index in [1.54, 1.807) is 6.92 Å². The van der Waals surface area contributed by atoms with Gasteiger partial charge in [-0.3, -0.25) is 4.79 Å². The van der Waals surface area contributed by atoms with Gasteiger partial charge < -0.3 is 4.74 Å². The molecule has 3 nitrogen and oxygen atoms in total. The first-order valence-electron chi connectivity index (χ1n) is 5.28. The van der Waals surface area contributed by atoms with E-state index in [-0.39, 0.29) is 17.1 Å². The quantitative estimate of drug-likeness (QED) is 0.687. The summed E-state index contributed by atoms with van der Waals surface area (Å²) >= 11 is 3.85. The smallest absolute Gasteiger partial charge is 0.417 e. The van der Waals surface area contributed by atoms with E-state index in [9.17, 15) is 18.0 Å². The van der Waals surface area contributed by atoms with E-state index in [2.05, 4.69) is 17.4 Å². The average molecular weight is 289 g/mol. The van der Waals surface area contributed by atoms with Gasteiger partial charge in [0.2, 0.25) is 0 Å². The number of carbonyl (C=O) groups is 1. The van der Waals surface area contributed by atoms with E-state index in [1.807, 2.05) is 0 Å². The highest BCUT2D eigenvalue weighted by Gasteiger charge is 2.35. The van der Waals surface area contributed by atoms with Gasteiger partial charge in [-0.25, -0.2) is 0 Å². The topological polar surface area (TPSA) is 50.1 Å². The van der Waals surface area contributed by atoms with Crippen LogP contribution >= 0.6 is 12.6 Å². The number of nitriles is 1. The van der Waals surface area contributed by atoms with Crippen molar-refractivity contribution in [2.24, 2.45) is 0 Å². The third kappa shape index (κ3) is 3.89. The van der Waals surface area contributed by atoms with Gasteiger partial charge in [-0.1, -0.05) is 0 Å². The summed E-state index contributed by atoms with van der Waals surface area (Å²) in [5.41, 5.74) is -1.71. The lowest BCUT2D eigenvalue weighted by molar-refractivity contribution is -0.142. The molecule has 0 saturated heterocycles. The maximum Gasteiger partial charge on any atom is 0.417 e. The Morgan fingerprint density at radius 3 is 2.58 bits per heavy atom. The molecule has 0 aliphatic heterocycles. The summed E-state index contributed by atoms with van der Waals surface area (Å²) < 4.78 is 43.0. The van der Waals surface area contributed by atoms with Crippen LogP contribution in [0.5, 0.6) is 0 Å². The van der Waals surface area contributed by atoms with Crippen molar-refractivity contribution in [1.82, 2.24) is 0 Å². The number of alkyl halides is 3. The first-order chi connectivity index (χ1) is 8.79. The highest BCUT2D eigenvalue weighted by atomic mass is 32.1. The fourth-order valence-corrected chi connectivity index (χ4v) is 1.83. The minimum Gasteiger partial charge on any atom is -0.466 e. The Hall–Kier alpha value is -1.68. The van der Waals surface area contributed by atoms with Gasteiger partial charge in [0.25, 0.3) is 0 Å². The Bertz CT molecular complexity index is 535. The van der Waals surface area contributed by atoms with Gasteiger partial charge in [0.15, 0.2) is 0 Å². The van der Waals surface area contributed by atoms with Crippen LogP contribution in [0.4, 0.5) is 13.2 Å². The summed E-state index contributed by atoms with van der Waals surface area (Å²) in [5, 5.41) is 8.87. The molecule has 0 unspecified atom stereocenters. The number of hydrogen-bond acceptors (Lipinski definition) is 4. The number of thiol groups is 1. The minimum atomic E-state index is -4.67. The lowest BCUT2D eigenvalue weighted by Gasteiger charge is -2.13. The second-order valence-electron chi connectivity index (χ2n) is 3.62. The Labute approximate surface area is 113 Å². The van der Waals surface area contributed by atoms with Crippen molar-refractivity contribution in [3.8, 4) is 6.07 Å². The predicted octanol–water partition coefficient (Wildman–Crippen LogP) is 2.97. The molecule has 1 rings (SSSR count). The molecular formula is C12H10F3NO2S. The van der Waals surface area contributed by atoms with Crippen LogP contribution in [-0.2, 0) is 22.1 Å². The summed E-state index contributed by atoms with van der Waals surface area (Å²) in [4.78, 5) is 11.3. The van der Waals surface area contributed by atoms with Gasteiger partial charge in [0.1, 0.15) is 6.07 Å². The number of esters is 1. The SMILES string of the molecule is CCOC(=O)Cc1cc(S)cc(C(F)(F)F)c1C#N. The number of nitrogens with zero attached hydrogens (tertiary/aromatic N) is 1. The van der Waals surface area contributed by atoms with Gasteiger partial charge in [-0.05, 0) is 24.6 Å². The molecule has 0 bridgehead atoms. The van der Waals surface area contributed by atoms with E-state index in [1.165, 1.54) is 12.1 Å². The molecule has 0 amide bonds. The summed E-state index contributed by atoms with van der Waals surface area (Å²) in [5.74, 6) is -0.689.